The summed E-state index contributed by atoms with van der Waals surface area (Å²) in [5, 5.41) is 2.18. The summed E-state index contributed by atoms with van der Waals surface area (Å²) < 4.78 is 31.2. The number of hydrogen-bond acceptors (Lipinski definition) is 8. The zero-order valence-corrected chi connectivity index (χ0v) is 18.7. The van der Waals surface area contributed by atoms with Gasteiger partial charge in [0.25, 0.3) is 0 Å². The summed E-state index contributed by atoms with van der Waals surface area (Å²) >= 11 is 1.25. The third kappa shape index (κ3) is 5.71. The molecule has 0 atom stereocenters. The van der Waals surface area contributed by atoms with Crippen molar-refractivity contribution in [1.29, 1.82) is 0 Å². The van der Waals surface area contributed by atoms with Gasteiger partial charge in [0.1, 0.15) is 13.2 Å². The minimum atomic E-state index is -3.92. The zero-order chi connectivity index (χ0) is 22.5. The molecule has 1 aromatic carbocycles. The maximum Gasteiger partial charge on any atom is 0.321 e. The molecule has 1 amide bonds. The van der Waals surface area contributed by atoms with Gasteiger partial charge in [-0.15, -0.1) is 11.3 Å². The Morgan fingerprint density at radius 2 is 1.77 bits per heavy atom. The van der Waals surface area contributed by atoms with E-state index in [1.54, 1.807) is 5.38 Å². The van der Waals surface area contributed by atoms with Gasteiger partial charge in [-0.05, 0) is 26.0 Å². The van der Waals surface area contributed by atoms with Crippen LogP contribution in [0.5, 0.6) is 0 Å². The molecule has 9 nitrogen and oxygen atoms in total. The first-order valence-electron chi connectivity index (χ1n) is 9.01. The lowest BCUT2D eigenvalue weighted by Gasteiger charge is -2.16. The Labute approximate surface area is 179 Å². The Balaban J connectivity index is 1.96. The smallest absolute Gasteiger partial charge is 0.321 e. The summed E-state index contributed by atoms with van der Waals surface area (Å²) in [7, 11) is -2.65. The molecule has 0 saturated heterocycles. The van der Waals surface area contributed by atoms with Crippen molar-refractivity contribution in [2.75, 3.05) is 25.0 Å². The molecule has 0 aliphatic heterocycles. The number of carbonyl (C=O) groups excluding carboxylic acids is 3. The molecule has 2 rings (SSSR count). The fraction of sp³-hybridized carbons (Fsp3) is 0.368. The predicted molar refractivity (Wildman–Crippen MR) is 112 cm³/mol. The largest absolute Gasteiger partial charge is 0.458 e. The van der Waals surface area contributed by atoms with E-state index in [-0.39, 0.29) is 23.2 Å². The molecule has 0 aliphatic carbocycles. The van der Waals surface area contributed by atoms with Crippen molar-refractivity contribution in [1.82, 2.24) is 9.29 Å². The van der Waals surface area contributed by atoms with Gasteiger partial charge in [-0.2, -0.15) is 4.31 Å². The topological polar surface area (TPSA) is 114 Å². The number of sulfonamides is 1. The van der Waals surface area contributed by atoms with Gasteiger partial charge in [-0.3, -0.25) is 19.3 Å². The first kappa shape index (κ1) is 23.6. The highest BCUT2D eigenvalue weighted by Gasteiger charge is 2.24. The number of thiazole rings is 1. The Bertz CT molecular complexity index is 1030. The fourth-order valence-electron chi connectivity index (χ4n) is 2.49. The van der Waals surface area contributed by atoms with E-state index >= 15 is 0 Å². The van der Waals surface area contributed by atoms with E-state index in [0.717, 1.165) is 4.31 Å². The average molecular weight is 454 g/mol. The van der Waals surface area contributed by atoms with Crippen LogP contribution in [0.4, 0.5) is 5.13 Å². The highest BCUT2D eigenvalue weighted by Crippen LogP contribution is 2.21. The van der Waals surface area contributed by atoms with Gasteiger partial charge in [-0.25, -0.2) is 13.4 Å². The van der Waals surface area contributed by atoms with Crippen LogP contribution >= 0.6 is 11.3 Å². The molecular formula is C19H23N3O6S2. The number of nitrogens with zero attached hydrogens (tertiary/aromatic N) is 3. The van der Waals surface area contributed by atoms with Crippen LogP contribution < -0.4 is 4.90 Å². The van der Waals surface area contributed by atoms with E-state index in [0.29, 0.717) is 22.9 Å². The molecule has 1 aromatic heterocycles. The Hall–Kier alpha value is -2.63. The molecule has 0 unspecified atom stereocenters. The summed E-state index contributed by atoms with van der Waals surface area (Å²) in [4.78, 5) is 40.7. The van der Waals surface area contributed by atoms with Crippen LogP contribution in [0.3, 0.4) is 0 Å². The Morgan fingerprint density at radius 1 is 1.13 bits per heavy atom. The van der Waals surface area contributed by atoms with Crippen molar-refractivity contribution in [3.05, 3.63) is 40.9 Å². The van der Waals surface area contributed by atoms with Crippen molar-refractivity contribution < 1.29 is 27.5 Å². The normalized spacial score (nSPS) is 11.4. The highest BCUT2D eigenvalue weighted by molar-refractivity contribution is 7.89. The molecule has 11 heteroatoms. The number of carbonyl (C=O) groups is 3. The van der Waals surface area contributed by atoms with E-state index in [4.69, 9.17) is 4.74 Å². The summed E-state index contributed by atoms with van der Waals surface area (Å²) in [6.07, 6.45) is 0. The molecule has 2 aromatic rings. The lowest BCUT2D eigenvalue weighted by atomic mass is 10.2. The number of rotatable bonds is 9. The van der Waals surface area contributed by atoms with Crippen molar-refractivity contribution in [2.45, 2.75) is 32.3 Å². The van der Waals surface area contributed by atoms with Gasteiger partial charge in [0.2, 0.25) is 15.9 Å². The van der Waals surface area contributed by atoms with Crippen LogP contribution in [0.15, 0.2) is 34.5 Å². The number of anilines is 1. The maximum absolute atomic E-state index is 12.6. The van der Waals surface area contributed by atoms with Gasteiger partial charge >= 0.3 is 5.97 Å². The third-order valence-corrected chi connectivity index (χ3v) is 6.90. The van der Waals surface area contributed by atoms with Gasteiger partial charge in [-0.1, -0.05) is 12.1 Å². The Morgan fingerprint density at radius 3 is 2.30 bits per heavy atom. The lowest BCUT2D eigenvalue weighted by molar-refractivity contribution is -0.145. The molecule has 0 aliphatic rings. The number of aromatic nitrogens is 1. The number of benzene rings is 1. The summed E-state index contributed by atoms with van der Waals surface area (Å²) in [5.74, 6) is -1.06. The van der Waals surface area contributed by atoms with E-state index in [2.05, 4.69) is 4.98 Å². The monoisotopic (exact) mass is 453 g/mol. The van der Waals surface area contributed by atoms with Crippen molar-refractivity contribution in [3.63, 3.8) is 0 Å². The zero-order valence-electron chi connectivity index (χ0n) is 17.1. The summed E-state index contributed by atoms with van der Waals surface area (Å²) in [6.45, 7) is 4.50. The second-order valence-electron chi connectivity index (χ2n) is 6.39. The molecule has 162 valence electrons. The van der Waals surface area contributed by atoms with E-state index < -0.39 is 22.5 Å². The molecule has 1 heterocycles. The number of amides is 1. The molecule has 0 saturated carbocycles. The minimum absolute atomic E-state index is 0.0316. The molecular weight excluding hydrogens is 430 g/mol. The van der Waals surface area contributed by atoms with Crippen LogP contribution in [-0.4, -0.2) is 55.5 Å². The van der Waals surface area contributed by atoms with E-state index in [9.17, 15) is 22.8 Å². The lowest BCUT2D eigenvalue weighted by Crippen LogP contribution is -2.33. The number of Topliss-reactive ketones (excluding diaryl/α,β-unsaturated/α-hetero) is 1. The number of likely N-dealkylation sites (N-methyl/N-ethyl adjacent to an activating group) is 1. The fourth-order valence-corrected chi connectivity index (χ4v) is 4.52. The maximum atomic E-state index is 12.6. The average Bonchev–Trinajstić information content (AvgIpc) is 3.15. The second-order valence-corrected chi connectivity index (χ2v) is 9.27. The van der Waals surface area contributed by atoms with Crippen molar-refractivity contribution in [2.24, 2.45) is 0 Å². The number of hydrogen-bond donors (Lipinski definition) is 0. The van der Waals surface area contributed by atoms with Crippen LogP contribution in [0.1, 0.15) is 36.8 Å². The molecule has 0 bridgehead atoms. The second kappa shape index (κ2) is 9.92. The van der Waals surface area contributed by atoms with E-state index in [1.165, 1.54) is 61.4 Å². The van der Waals surface area contributed by atoms with Crippen LogP contribution in [0.25, 0.3) is 0 Å². The molecule has 0 radical (unpaired) electrons. The number of ether oxygens (including phenoxy) is 1. The van der Waals surface area contributed by atoms with Gasteiger partial charge in [0, 0.05) is 31.5 Å². The molecule has 0 spiro atoms. The quantitative estimate of drug-likeness (QED) is 0.422. The van der Waals surface area contributed by atoms with Gasteiger partial charge < -0.3 is 4.74 Å². The molecule has 0 N–H and O–H groups in total. The standard InChI is InChI=1S/C19H23N3O6S2/c1-5-22(14(3)24)19-20-16(12-29-19)11-28-18(25)10-21(4)30(26,27)17-8-6-15(7-9-17)13(2)23/h6-9,12H,5,10-11H2,1-4H3. The first-order valence-corrected chi connectivity index (χ1v) is 11.3. The third-order valence-electron chi connectivity index (χ3n) is 4.17. The summed E-state index contributed by atoms with van der Waals surface area (Å²) in [6, 6.07) is 5.47. The highest BCUT2D eigenvalue weighted by atomic mass is 32.2. The first-order chi connectivity index (χ1) is 14.1. The van der Waals surface area contributed by atoms with E-state index in [1.807, 2.05) is 6.92 Å². The van der Waals surface area contributed by atoms with Crippen LogP contribution in [-0.2, 0) is 31.0 Å². The molecule has 30 heavy (non-hydrogen) atoms. The van der Waals surface area contributed by atoms with Crippen molar-refractivity contribution in [3.8, 4) is 0 Å². The van der Waals surface area contributed by atoms with Gasteiger partial charge in [0.15, 0.2) is 10.9 Å². The molecule has 0 fully saturated rings. The number of esters is 1. The van der Waals surface area contributed by atoms with Crippen molar-refractivity contribution >= 4 is 44.2 Å². The van der Waals surface area contributed by atoms with Crippen LogP contribution in [0.2, 0.25) is 0 Å². The minimum Gasteiger partial charge on any atom is -0.458 e. The summed E-state index contributed by atoms with van der Waals surface area (Å²) in [5.41, 5.74) is 0.860. The van der Waals surface area contributed by atoms with Crippen LogP contribution in [0, 0.1) is 0 Å². The number of ketones is 1. The predicted octanol–water partition coefficient (Wildman–Crippen LogP) is 2.08. The SMILES string of the molecule is CCN(C(C)=O)c1nc(COC(=O)CN(C)S(=O)(=O)c2ccc(C(C)=O)cc2)cs1. The van der Waals surface area contributed by atoms with Gasteiger partial charge in [0.05, 0.1) is 10.6 Å². The Kier molecular flexibility index (Phi) is 7.82.